The van der Waals surface area contributed by atoms with Crippen molar-refractivity contribution in [1.29, 1.82) is 0 Å². The Morgan fingerprint density at radius 3 is 2.66 bits per heavy atom. The molecule has 2 atom stereocenters. The molecule has 2 fully saturated rings. The first-order chi connectivity index (χ1) is 14.0. The second-order valence-electron chi connectivity index (χ2n) is 8.19. The van der Waals surface area contributed by atoms with Crippen molar-refractivity contribution in [2.75, 3.05) is 26.2 Å². The zero-order valence-corrected chi connectivity index (χ0v) is 17.1. The minimum absolute atomic E-state index is 0.0517. The Morgan fingerprint density at radius 1 is 1.24 bits per heavy atom. The molecule has 2 aliphatic rings. The zero-order valence-electron chi connectivity index (χ0n) is 17.1. The average molecular weight is 396 g/mol. The summed E-state index contributed by atoms with van der Waals surface area (Å²) in [5.41, 5.74) is 3.31. The van der Waals surface area contributed by atoms with Gasteiger partial charge in [-0.1, -0.05) is 6.92 Å². The molecule has 29 heavy (non-hydrogen) atoms. The molecule has 1 N–H and O–H groups in total. The lowest BCUT2D eigenvalue weighted by atomic mass is 10.0. The Balaban J connectivity index is 1.42. The van der Waals surface area contributed by atoms with Gasteiger partial charge in [0.2, 0.25) is 5.91 Å². The van der Waals surface area contributed by atoms with Crippen molar-refractivity contribution in [3.8, 4) is 0 Å². The van der Waals surface area contributed by atoms with Crippen molar-refractivity contribution in [3.63, 3.8) is 0 Å². The average Bonchev–Trinajstić information content (AvgIpc) is 3.18. The van der Waals surface area contributed by atoms with Crippen LogP contribution in [0.2, 0.25) is 0 Å². The number of carbonyl (C=O) groups excluding carboxylic acids is 2. The van der Waals surface area contributed by atoms with Gasteiger partial charge in [-0.2, -0.15) is 0 Å². The highest BCUT2D eigenvalue weighted by atomic mass is 16.2. The molecule has 1 aliphatic heterocycles. The summed E-state index contributed by atoms with van der Waals surface area (Å²) in [5, 5.41) is 0. The lowest BCUT2D eigenvalue weighted by Gasteiger charge is -2.39. The highest BCUT2D eigenvalue weighted by molar-refractivity contribution is 5.90. The van der Waals surface area contributed by atoms with E-state index in [1.807, 2.05) is 30.2 Å². The molecule has 1 saturated heterocycles. The van der Waals surface area contributed by atoms with Crippen LogP contribution in [0.4, 0.5) is 0 Å². The van der Waals surface area contributed by atoms with Crippen LogP contribution in [-0.2, 0) is 16.0 Å². The fourth-order valence-electron chi connectivity index (χ4n) is 4.45. The van der Waals surface area contributed by atoms with Gasteiger partial charge in [0.05, 0.1) is 11.0 Å². The summed E-state index contributed by atoms with van der Waals surface area (Å²) in [4.78, 5) is 48.0. The van der Waals surface area contributed by atoms with E-state index in [1.165, 1.54) is 0 Å². The molecule has 2 unspecified atom stereocenters. The normalized spacial score (nSPS) is 21.7. The van der Waals surface area contributed by atoms with Crippen LogP contribution in [-0.4, -0.2) is 57.6 Å². The molecular formula is C22H28N4O3. The molecule has 0 spiro atoms. The first kappa shape index (κ1) is 19.8. The minimum atomic E-state index is -0.110. The number of piperazine rings is 1. The smallest absolute Gasteiger partial charge is 0.251 e. The third-order valence-electron chi connectivity index (χ3n) is 6.42. The fraction of sp³-hybridized carbons (Fsp3) is 0.545. The molecule has 1 amide bonds. The van der Waals surface area contributed by atoms with E-state index in [1.54, 1.807) is 0 Å². The van der Waals surface area contributed by atoms with Gasteiger partial charge < -0.3 is 9.88 Å². The number of carbonyl (C=O) groups is 2. The summed E-state index contributed by atoms with van der Waals surface area (Å²) >= 11 is 0. The van der Waals surface area contributed by atoms with Crippen molar-refractivity contribution in [2.45, 2.75) is 45.6 Å². The highest BCUT2D eigenvalue weighted by Crippen LogP contribution is 2.27. The maximum absolute atomic E-state index is 12.6. The van der Waals surface area contributed by atoms with Gasteiger partial charge in [0.15, 0.2) is 0 Å². The van der Waals surface area contributed by atoms with E-state index in [2.05, 4.69) is 21.8 Å². The molecule has 4 rings (SSSR count). The molecule has 154 valence electrons. The predicted octanol–water partition coefficient (Wildman–Crippen LogP) is 2.06. The van der Waals surface area contributed by atoms with E-state index in [0.717, 1.165) is 35.2 Å². The van der Waals surface area contributed by atoms with Crippen molar-refractivity contribution >= 4 is 22.7 Å². The second-order valence-corrected chi connectivity index (χ2v) is 8.19. The Kier molecular flexibility index (Phi) is 5.50. The van der Waals surface area contributed by atoms with Crippen LogP contribution in [0.3, 0.4) is 0 Å². The maximum Gasteiger partial charge on any atom is 0.251 e. The van der Waals surface area contributed by atoms with Gasteiger partial charge in [-0.05, 0) is 37.5 Å². The SMILES string of the molecule is CCc1cc2ncc(C(C)N3CCN(C(=O)C4CCC(=O)C4)CC3)cc2[nH]c1=O. The van der Waals surface area contributed by atoms with Gasteiger partial charge in [0.1, 0.15) is 5.78 Å². The number of aromatic amines is 1. The highest BCUT2D eigenvalue weighted by Gasteiger charge is 2.33. The van der Waals surface area contributed by atoms with Gasteiger partial charge >= 0.3 is 0 Å². The van der Waals surface area contributed by atoms with Gasteiger partial charge in [0, 0.05) is 62.7 Å². The lowest BCUT2D eigenvalue weighted by Crippen LogP contribution is -2.50. The number of hydrogen-bond donors (Lipinski definition) is 1. The predicted molar refractivity (Wildman–Crippen MR) is 111 cm³/mol. The molecule has 0 aromatic carbocycles. The second kappa shape index (κ2) is 8.06. The minimum Gasteiger partial charge on any atom is -0.340 e. The molecule has 2 aromatic heterocycles. The van der Waals surface area contributed by atoms with Crippen LogP contribution in [0.25, 0.3) is 11.0 Å². The van der Waals surface area contributed by atoms with Crippen LogP contribution in [0.15, 0.2) is 23.1 Å². The van der Waals surface area contributed by atoms with Crippen LogP contribution in [0, 0.1) is 5.92 Å². The Labute approximate surface area is 170 Å². The van der Waals surface area contributed by atoms with E-state index < -0.39 is 0 Å². The molecule has 7 heteroatoms. The van der Waals surface area contributed by atoms with Gasteiger partial charge in [0.25, 0.3) is 5.56 Å². The Hall–Kier alpha value is -2.54. The molecule has 3 heterocycles. The van der Waals surface area contributed by atoms with Crippen molar-refractivity contribution in [2.24, 2.45) is 5.92 Å². The number of aryl methyl sites for hydroxylation is 1. The summed E-state index contributed by atoms with van der Waals surface area (Å²) in [6.45, 7) is 7.04. The number of ketones is 1. The van der Waals surface area contributed by atoms with Crippen molar-refractivity contribution in [3.05, 3.63) is 39.8 Å². The van der Waals surface area contributed by atoms with E-state index >= 15 is 0 Å². The number of Topliss-reactive ketones (excluding diaryl/α,β-unsaturated/α-hetero) is 1. The zero-order chi connectivity index (χ0) is 20.5. The van der Waals surface area contributed by atoms with Gasteiger partial charge in [-0.3, -0.25) is 24.3 Å². The number of aromatic nitrogens is 2. The number of nitrogens with one attached hydrogen (secondary N) is 1. The van der Waals surface area contributed by atoms with Crippen LogP contribution in [0.1, 0.15) is 50.3 Å². The number of rotatable bonds is 4. The number of pyridine rings is 2. The molecule has 1 saturated carbocycles. The number of nitrogens with zero attached hydrogens (tertiary/aromatic N) is 3. The number of fused-ring (bicyclic) bond motifs is 1. The molecule has 1 aliphatic carbocycles. The fourth-order valence-corrected chi connectivity index (χ4v) is 4.45. The molecule has 2 aromatic rings. The topological polar surface area (TPSA) is 86.4 Å². The summed E-state index contributed by atoms with van der Waals surface area (Å²) in [7, 11) is 0. The van der Waals surface area contributed by atoms with Gasteiger partial charge in [-0.25, -0.2) is 0 Å². The Bertz CT molecular complexity index is 991. The standard InChI is InChI=1S/C22H28N4O3/c1-3-15-11-19-20(24-21(15)28)12-17(13-23-19)14(2)25-6-8-26(9-7-25)22(29)16-4-5-18(27)10-16/h11-14,16H,3-10H2,1-2H3,(H,24,28). The molecule has 0 bridgehead atoms. The first-order valence-corrected chi connectivity index (χ1v) is 10.5. The summed E-state index contributed by atoms with van der Waals surface area (Å²) < 4.78 is 0. The molecule has 7 nitrogen and oxygen atoms in total. The Morgan fingerprint density at radius 2 is 2.00 bits per heavy atom. The third kappa shape index (κ3) is 3.96. The third-order valence-corrected chi connectivity index (χ3v) is 6.42. The first-order valence-electron chi connectivity index (χ1n) is 10.5. The quantitative estimate of drug-likeness (QED) is 0.855. The number of H-pyrrole nitrogens is 1. The number of hydrogen-bond acceptors (Lipinski definition) is 5. The van der Waals surface area contributed by atoms with Gasteiger partial charge in [-0.15, -0.1) is 0 Å². The maximum atomic E-state index is 12.6. The van der Waals surface area contributed by atoms with Crippen molar-refractivity contribution < 1.29 is 9.59 Å². The van der Waals surface area contributed by atoms with E-state index in [9.17, 15) is 14.4 Å². The van der Waals surface area contributed by atoms with E-state index in [4.69, 9.17) is 0 Å². The van der Waals surface area contributed by atoms with E-state index in [-0.39, 0.29) is 29.2 Å². The van der Waals surface area contributed by atoms with E-state index in [0.29, 0.717) is 38.8 Å². The van der Waals surface area contributed by atoms with Crippen LogP contribution < -0.4 is 5.56 Å². The van der Waals surface area contributed by atoms with Crippen molar-refractivity contribution in [1.82, 2.24) is 19.8 Å². The summed E-state index contributed by atoms with van der Waals surface area (Å²) in [5.74, 6) is 0.240. The summed E-state index contributed by atoms with van der Waals surface area (Å²) in [6.07, 6.45) is 4.23. The largest absolute Gasteiger partial charge is 0.340 e. The number of amides is 1. The van der Waals surface area contributed by atoms with Crippen LogP contribution in [0.5, 0.6) is 0 Å². The monoisotopic (exact) mass is 396 g/mol. The van der Waals surface area contributed by atoms with Crippen LogP contribution >= 0.6 is 0 Å². The molecule has 0 radical (unpaired) electrons. The molecular weight excluding hydrogens is 368 g/mol. The summed E-state index contributed by atoms with van der Waals surface area (Å²) in [6, 6.07) is 4.02. The lowest BCUT2D eigenvalue weighted by molar-refractivity contribution is -0.138.